The third-order valence-electron chi connectivity index (χ3n) is 5.69. The van der Waals surface area contributed by atoms with Gasteiger partial charge in [0, 0.05) is 18.4 Å². The van der Waals surface area contributed by atoms with Gasteiger partial charge in [0.05, 0.1) is 12.5 Å². The second-order valence-electron chi connectivity index (χ2n) is 8.02. The van der Waals surface area contributed by atoms with Crippen LogP contribution in [0.5, 0.6) is 5.75 Å². The molecule has 3 aromatic rings. The molecule has 1 unspecified atom stereocenters. The van der Waals surface area contributed by atoms with Crippen LogP contribution < -0.4 is 10.5 Å². The number of methoxy groups -OCH3 is 1. The Hall–Kier alpha value is -3.50. The summed E-state index contributed by atoms with van der Waals surface area (Å²) < 4.78 is 71.0. The molecule has 0 aliphatic heterocycles. The SMILES string of the molecule is CO[C@@](C(=O)OCC(COc1ccc(-c2ccc(F)cc2)cc1)/C(N)=C/S)(c1ccccc1)C(F)(F)F. The van der Waals surface area contributed by atoms with Crippen molar-refractivity contribution >= 4 is 18.6 Å². The number of esters is 1. The Morgan fingerprint density at radius 1 is 0.946 bits per heavy atom. The number of halogens is 4. The lowest BCUT2D eigenvalue weighted by Crippen LogP contribution is -2.52. The minimum Gasteiger partial charge on any atom is -0.493 e. The van der Waals surface area contributed by atoms with Crippen molar-refractivity contribution in [3.8, 4) is 16.9 Å². The van der Waals surface area contributed by atoms with Gasteiger partial charge in [0.15, 0.2) is 0 Å². The van der Waals surface area contributed by atoms with Crippen molar-refractivity contribution in [3.63, 3.8) is 0 Å². The van der Waals surface area contributed by atoms with Crippen molar-refractivity contribution in [1.82, 2.24) is 0 Å². The van der Waals surface area contributed by atoms with Gasteiger partial charge in [0.2, 0.25) is 0 Å². The van der Waals surface area contributed by atoms with Crippen LogP contribution in [0.4, 0.5) is 17.6 Å². The van der Waals surface area contributed by atoms with Crippen LogP contribution in [0.15, 0.2) is 90.0 Å². The molecule has 0 bridgehead atoms. The van der Waals surface area contributed by atoms with Crippen molar-refractivity contribution < 1.29 is 36.6 Å². The van der Waals surface area contributed by atoms with Crippen LogP contribution in [0.1, 0.15) is 5.56 Å². The lowest BCUT2D eigenvalue weighted by atomic mass is 9.92. The number of carbonyl (C=O) groups excluding carboxylic acids is 1. The maximum Gasteiger partial charge on any atom is 0.432 e. The molecule has 0 saturated heterocycles. The van der Waals surface area contributed by atoms with E-state index in [9.17, 15) is 22.4 Å². The fraction of sp³-hybridized carbons (Fsp3) is 0.222. The summed E-state index contributed by atoms with van der Waals surface area (Å²) in [6.07, 6.45) is -5.09. The van der Waals surface area contributed by atoms with Crippen LogP contribution in [0.2, 0.25) is 0 Å². The third kappa shape index (κ3) is 6.44. The van der Waals surface area contributed by atoms with E-state index in [1.807, 2.05) is 0 Å². The smallest absolute Gasteiger partial charge is 0.432 e. The van der Waals surface area contributed by atoms with E-state index in [0.717, 1.165) is 30.4 Å². The molecule has 0 fully saturated rings. The first-order valence-electron chi connectivity index (χ1n) is 11.1. The maximum atomic E-state index is 14.1. The standard InChI is InChI=1S/C27H25F4NO4S/c1-34-26(27(29,30)31,21-5-3-2-4-6-21)25(33)36-16-20(24(32)17-37)15-35-23-13-9-19(10-14-23)18-7-11-22(28)12-8-18/h2-14,17,20,37H,15-16,32H2,1H3/b24-17-/t20?,26-/m1/s1. The second-order valence-corrected chi connectivity index (χ2v) is 8.27. The van der Waals surface area contributed by atoms with Gasteiger partial charge in [-0.2, -0.15) is 13.2 Å². The largest absolute Gasteiger partial charge is 0.493 e. The summed E-state index contributed by atoms with van der Waals surface area (Å²) in [6.45, 7) is -0.618. The number of hydrogen-bond donors (Lipinski definition) is 2. The fourth-order valence-electron chi connectivity index (χ4n) is 3.59. The van der Waals surface area contributed by atoms with Gasteiger partial charge in [0.25, 0.3) is 5.60 Å². The summed E-state index contributed by atoms with van der Waals surface area (Å²) in [5, 5.41) is 1.25. The normalized spacial score (nSPS) is 14.5. The van der Waals surface area contributed by atoms with E-state index in [4.69, 9.17) is 19.9 Å². The zero-order valence-electron chi connectivity index (χ0n) is 19.7. The van der Waals surface area contributed by atoms with Crippen LogP contribution in [-0.4, -0.2) is 32.5 Å². The molecular weight excluding hydrogens is 510 g/mol. The van der Waals surface area contributed by atoms with Crippen LogP contribution in [0.3, 0.4) is 0 Å². The average molecular weight is 536 g/mol. The number of ether oxygens (including phenoxy) is 3. The van der Waals surface area contributed by atoms with Gasteiger partial charge < -0.3 is 19.9 Å². The molecule has 3 aromatic carbocycles. The number of rotatable bonds is 10. The molecule has 2 atom stereocenters. The molecule has 2 N–H and O–H groups in total. The molecule has 0 saturated carbocycles. The molecule has 0 aliphatic carbocycles. The first-order chi connectivity index (χ1) is 17.6. The third-order valence-corrected chi connectivity index (χ3v) is 5.99. The maximum absolute atomic E-state index is 14.1. The lowest BCUT2D eigenvalue weighted by molar-refractivity contribution is -0.276. The van der Waals surface area contributed by atoms with E-state index < -0.39 is 35.8 Å². The van der Waals surface area contributed by atoms with Gasteiger partial charge in [-0.15, -0.1) is 12.6 Å². The Balaban J connectivity index is 1.71. The highest BCUT2D eigenvalue weighted by atomic mass is 32.1. The van der Waals surface area contributed by atoms with Gasteiger partial charge in [0.1, 0.15) is 18.2 Å². The van der Waals surface area contributed by atoms with Crippen molar-refractivity contribution in [3.05, 3.63) is 101 Å². The van der Waals surface area contributed by atoms with Crippen LogP contribution >= 0.6 is 12.6 Å². The van der Waals surface area contributed by atoms with Gasteiger partial charge in [-0.1, -0.05) is 54.6 Å². The van der Waals surface area contributed by atoms with Crippen molar-refractivity contribution in [1.29, 1.82) is 0 Å². The summed E-state index contributed by atoms with van der Waals surface area (Å²) in [4.78, 5) is 12.8. The van der Waals surface area contributed by atoms with Gasteiger partial charge >= 0.3 is 12.1 Å². The molecule has 0 spiro atoms. The molecule has 5 nitrogen and oxygen atoms in total. The highest BCUT2D eigenvalue weighted by Gasteiger charge is 2.64. The Kier molecular flexibility index (Phi) is 9.23. The van der Waals surface area contributed by atoms with E-state index >= 15 is 0 Å². The van der Waals surface area contributed by atoms with Crippen LogP contribution in [0, 0.1) is 11.7 Å². The Bertz CT molecular complexity index is 1200. The zero-order chi connectivity index (χ0) is 27.1. The molecule has 196 valence electrons. The monoisotopic (exact) mass is 535 g/mol. The Labute approximate surface area is 217 Å². The number of benzene rings is 3. The molecule has 10 heteroatoms. The summed E-state index contributed by atoms with van der Waals surface area (Å²) >= 11 is 4.00. The average Bonchev–Trinajstić information content (AvgIpc) is 2.89. The van der Waals surface area contributed by atoms with Crippen molar-refractivity contribution in [2.75, 3.05) is 20.3 Å². The lowest BCUT2D eigenvalue weighted by Gasteiger charge is -2.32. The van der Waals surface area contributed by atoms with E-state index in [0.29, 0.717) is 5.75 Å². The number of hydrogen-bond acceptors (Lipinski definition) is 6. The molecule has 37 heavy (non-hydrogen) atoms. The number of nitrogens with two attached hydrogens (primary N) is 1. The Morgan fingerprint density at radius 2 is 1.51 bits per heavy atom. The highest BCUT2D eigenvalue weighted by Crippen LogP contribution is 2.43. The molecule has 0 heterocycles. The van der Waals surface area contributed by atoms with E-state index in [2.05, 4.69) is 12.6 Å². The first-order valence-corrected chi connectivity index (χ1v) is 11.6. The zero-order valence-corrected chi connectivity index (χ0v) is 20.6. The number of alkyl halides is 3. The Morgan fingerprint density at radius 3 is 2.03 bits per heavy atom. The van der Waals surface area contributed by atoms with E-state index in [1.165, 1.54) is 35.7 Å². The van der Waals surface area contributed by atoms with Crippen molar-refractivity contribution in [2.45, 2.75) is 11.8 Å². The minimum absolute atomic E-state index is 0.108. The second kappa shape index (κ2) is 12.2. The molecular formula is C27H25F4NO4S. The molecule has 0 aliphatic rings. The minimum atomic E-state index is -5.09. The molecule has 3 rings (SSSR count). The fourth-order valence-corrected chi connectivity index (χ4v) is 3.80. The summed E-state index contributed by atoms with van der Waals surface area (Å²) in [7, 11) is 0.792. The highest BCUT2D eigenvalue weighted by molar-refractivity contribution is 7.83. The van der Waals surface area contributed by atoms with E-state index in [1.54, 1.807) is 36.4 Å². The van der Waals surface area contributed by atoms with E-state index in [-0.39, 0.29) is 18.1 Å². The molecule has 0 aromatic heterocycles. The van der Waals surface area contributed by atoms with Crippen molar-refractivity contribution in [2.24, 2.45) is 11.7 Å². The van der Waals surface area contributed by atoms with Gasteiger partial charge in [-0.3, -0.25) is 0 Å². The topological polar surface area (TPSA) is 70.8 Å². The van der Waals surface area contributed by atoms with Crippen LogP contribution in [0.25, 0.3) is 11.1 Å². The quantitative estimate of drug-likeness (QED) is 0.193. The number of carbonyl (C=O) groups is 1. The predicted octanol–water partition coefficient (Wildman–Crippen LogP) is 5.87. The predicted molar refractivity (Wildman–Crippen MR) is 134 cm³/mol. The molecule has 0 amide bonds. The van der Waals surface area contributed by atoms with Gasteiger partial charge in [-0.25, -0.2) is 9.18 Å². The summed E-state index contributed by atoms with van der Waals surface area (Å²) in [6, 6.07) is 19.4. The van der Waals surface area contributed by atoms with Crippen LogP contribution in [-0.2, 0) is 19.9 Å². The number of thiol groups is 1. The summed E-state index contributed by atoms with van der Waals surface area (Å²) in [5.74, 6) is -2.32. The van der Waals surface area contributed by atoms with Gasteiger partial charge in [-0.05, 0) is 40.8 Å². The summed E-state index contributed by atoms with van der Waals surface area (Å²) in [5.41, 5.74) is 4.01. The molecule has 0 radical (unpaired) electrons. The first kappa shape index (κ1) is 28.1.